The van der Waals surface area contributed by atoms with Crippen LogP contribution in [0.2, 0.25) is 5.02 Å². The molecular weight excluding hydrogens is 440 g/mol. The molecule has 1 N–H and O–H groups in total. The van der Waals surface area contributed by atoms with Gasteiger partial charge in [0.2, 0.25) is 15.9 Å². The molecule has 0 radical (unpaired) electrons. The second kappa shape index (κ2) is 10.9. The average molecular weight is 467 g/mol. The molecule has 1 aliphatic rings. The molecule has 1 amide bonds. The van der Waals surface area contributed by atoms with Gasteiger partial charge in [-0.3, -0.25) is 4.79 Å². The Bertz CT molecular complexity index is 979. The zero-order valence-electron chi connectivity index (χ0n) is 17.4. The van der Waals surface area contributed by atoms with Crippen molar-refractivity contribution in [3.8, 4) is 5.75 Å². The summed E-state index contributed by atoms with van der Waals surface area (Å²) in [4.78, 5) is 12.6. The lowest BCUT2D eigenvalue weighted by Crippen LogP contribution is -2.43. The monoisotopic (exact) mass is 466 g/mol. The molecule has 9 heteroatoms. The van der Waals surface area contributed by atoms with Crippen LogP contribution in [0.3, 0.4) is 0 Å². The van der Waals surface area contributed by atoms with Gasteiger partial charge in [0.1, 0.15) is 5.75 Å². The molecule has 1 saturated heterocycles. The molecule has 2 aromatic rings. The van der Waals surface area contributed by atoms with Crippen LogP contribution in [0.5, 0.6) is 5.75 Å². The van der Waals surface area contributed by atoms with Crippen molar-refractivity contribution in [3.05, 3.63) is 59.1 Å². The number of amides is 1. The standard InChI is InChI=1S/C22H27ClN2O5S/c1-29-21-10-9-19(14-20(21)23)31(27,28)25(12-11-17-6-3-2-4-7-17)16-22(26)24-15-18-8-5-13-30-18/h2-4,6-7,9-10,14,18H,5,8,11-13,15-16H2,1H3,(H,24,26)/t18-/m0/s1. The van der Waals surface area contributed by atoms with Crippen LogP contribution in [0.4, 0.5) is 0 Å². The molecule has 0 saturated carbocycles. The summed E-state index contributed by atoms with van der Waals surface area (Å²) in [5.74, 6) is 0.0116. The van der Waals surface area contributed by atoms with Gasteiger partial charge in [-0.15, -0.1) is 0 Å². The molecule has 31 heavy (non-hydrogen) atoms. The number of halogens is 1. The Labute approximate surface area is 188 Å². The lowest BCUT2D eigenvalue weighted by molar-refractivity contribution is -0.121. The van der Waals surface area contributed by atoms with Gasteiger partial charge in [-0.1, -0.05) is 41.9 Å². The van der Waals surface area contributed by atoms with Gasteiger partial charge in [-0.2, -0.15) is 4.31 Å². The van der Waals surface area contributed by atoms with E-state index in [2.05, 4.69) is 5.32 Å². The molecule has 0 aromatic heterocycles. The minimum Gasteiger partial charge on any atom is -0.495 e. The Hall–Kier alpha value is -2.13. The summed E-state index contributed by atoms with van der Waals surface area (Å²) in [5, 5.41) is 2.98. The van der Waals surface area contributed by atoms with Gasteiger partial charge < -0.3 is 14.8 Å². The summed E-state index contributed by atoms with van der Waals surface area (Å²) in [6.45, 7) is 0.936. The Morgan fingerprint density at radius 3 is 2.68 bits per heavy atom. The Balaban J connectivity index is 1.76. The molecule has 0 aliphatic carbocycles. The molecular formula is C22H27ClN2O5S. The third-order valence-electron chi connectivity index (χ3n) is 5.12. The van der Waals surface area contributed by atoms with E-state index in [4.69, 9.17) is 21.1 Å². The molecule has 7 nitrogen and oxygen atoms in total. The third kappa shape index (κ3) is 6.43. The highest BCUT2D eigenvalue weighted by atomic mass is 35.5. The van der Waals surface area contributed by atoms with Crippen LogP contribution in [-0.2, 0) is 26.0 Å². The zero-order valence-corrected chi connectivity index (χ0v) is 19.0. The minimum absolute atomic E-state index is 0.0123. The van der Waals surface area contributed by atoms with E-state index < -0.39 is 10.0 Å². The van der Waals surface area contributed by atoms with Crippen LogP contribution in [0.15, 0.2) is 53.4 Å². The van der Waals surface area contributed by atoms with E-state index in [9.17, 15) is 13.2 Å². The number of ether oxygens (including phenoxy) is 2. The highest BCUT2D eigenvalue weighted by Gasteiger charge is 2.28. The second-order valence-electron chi connectivity index (χ2n) is 7.31. The van der Waals surface area contributed by atoms with Gasteiger partial charge in [0, 0.05) is 19.7 Å². The lowest BCUT2D eigenvalue weighted by Gasteiger charge is -2.22. The maximum Gasteiger partial charge on any atom is 0.243 e. The first-order valence-electron chi connectivity index (χ1n) is 10.2. The van der Waals surface area contributed by atoms with Gasteiger partial charge in [0.25, 0.3) is 0 Å². The average Bonchev–Trinajstić information content (AvgIpc) is 3.29. The van der Waals surface area contributed by atoms with Crippen molar-refractivity contribution >= 4 is 27.5 Å². The fraction of sp³-hybridized carbons (Fsp3) is 0.409. The Kier molecular flexibility index (Phi) is 8.31. The fourth-order valence-corrected chi connectivity index (χ4v) is 5.13. The number of carbonyl (C=O) groups is 1. The molecule has 1 aliphatic heterocycles. The van der Waals surface area contributed by atoms with Crippen molar-refractivity contribution in [1.82, 2.24) is 9.62 Å². The first-order chi connectivity index (χ1) is 14.9. The number of hydrogen-bond donors (Lipinski definition) is 1. The van der Waals surface area contributed by atoms with Crippen LogP contribution in [0.25, 0.3) is 0 Å². The normalized spacial score (nSPS) is 16.4. The number of nitrogens with zero attached hydrogens (tertiary/aromatic N) is 1. The first-order valence-corrected chi connectivity index (χ1v) is 12.0. The first kappa shape index (κ1) is 23.5. The minimum atomic E-state index is -3.95. The van der Waals surface area contributed by atoms with Gasteiger partial charge in [-0.25, -0.2) is 8.42 Å². The molecule has 168 valence electrons. The smallest absolute Gasteiger partial charge is 0.243 e. The molecule has 2 aromatic carbocycles. The summed E-state index contributed by atoms with van der Waals surface area (Å²) in [6, 6.07) is 13.8. The predicted molar refractivity (Wildman–Crippen MR) is 119 cm³/mol. The number of hydrogen-bond acceptors (Lipinski definition) is 5. The number of benzene rings is 2. The maximum atomic E-state index is 13.3. The summed E-state index contributed by atoms with van der Waals surface area (Å²) in [6.07, 6.45) is 2.32. The third-order valence-corrected chi connectivity index (χ3v) is 7.26. The van der Waals surface area contributed by atoms with Crippen LogP contribution in [0.1, 0.15) is 18.4 Å². The highest BCUT2D eigenvalue weighted by Crippen LogP contribution is 2.28. The van der Waals surface area contributed by atoms with Gasteiger partial charge in [-0.05, 0) is 43.0 Å². The lowest BCUT2D eigenvalue weighted by atomic mass is 10.1. The molecule has 1 atom stereocenters. The summed E-state index contributed by atoms with van der Waals surface area (Å²) in [7, 11) is -2.49. The van der Waals surface area contributed by atoms with Crippen molar-refractivity contribution in [2.45, 2.75) is 30.3 Å². The summed E-state index contributed by atoms with van der Waals surface area (Å²) < 4.78 is 38.4. The van der Waals surface area contributed by atoms with Gasteiger partial charge in [0.05, 0.1) is 29.7 Å². The van der Waals surface area contributed by atoms with Crippen molar-refractivity contribution < 1.29 is 22.7 Å². The number of sulfonamides is 1. The molecule has 1 heterocycles. The van der Waals surface area contributed by atoms with Crippen molar-refractivity contribution in [2.24, 2.45) is 0 Å². The van der Waals surface area contributed by atoms with E-state index in [-0.39, 0.29) is 35.0 Å². The molecule has 1 fully saturated rings. The van der Waals surface area contributed by atoms with E-state index in [0.717, 1.165) is 18.4 Å². The van der Waals surface area contributed by atoms with Crippen molar-refractivity contribution in [1.29, 1.82) is 0 Å². The molecule has 0 unspecified atom stereocenters. The predicted octanol–water partition coefficient (Wildman–Crippen LogP) is 2.88. The summed E-state index contributed by atoms with van der Waals surface area (Å²) in [5.41, 5.74) is 0.982. The van der Waals surface area contributed by atoms with E-state index in [1.807, 2.05) is 30.3 Å². The Morgan fingerprint density at radius 2 is 2.03 bits per heavy atom. The highest BCUT2D eigenvalue weighted by molar-refractivity contribution is 7.89. The van der Waals surface area contributed by atoms with E-state index in [1.165, 1.54) is 29.6 Å². The fourth-order valence-electron chi connectivity index (χ4n) is 3.39. The molecule has 3 rings (SSSR count). The maximum absolute atomic E-state index is 13.3. The van der Waals surface area contributed by atoms with E-state index >= 15 is 0 Å². The van der Waals surface area contributed by atoms with Crippen LogP contribution in [-0.4, -0.2) is 58.1 Å². The largest absolute Gasteiger partial charge is 0.495 e. The summed E-state index contributed by atoms with van der Waals surface area (Å²) >= 11 is 6.14. The quantitative estimate of drug-likeness (QED) is 0.582. The van der Waals surface area contributed by atoms with Crippen molar-refractivity contribution in [3.63, 3.8) is 0 Å². The van der Waals surface area contributed by atoms with E-state index in [0.29, 0.717) is 25.3 Å². The van der Waals surface area contributed by atoms with Gasteiger partial charge in [0.15, 0.2) is 0 Å². The van der Waals surface area contributed by atoms with Crippen LogP contribution >= 0.6 is 11.6 Å². The van der Waals surface area contributed by atoms with Crippen LogP contribution < -0.4 is 10.1 Å². The topological polar surface area (TPSA) is 84.9 Å². The Morgan fingerprint density at radius 1 is 1.26 bits per heavy atom. The number of nitrogens with one attached hydrogen (secondary N) is 1. The number of carbonyl (C=O) groups excluding carboxylic acids is 1. The number of rotatable bonds is 10. The van der Waals surface area contributed by atoms with Crippen LogP contribution in [0, 0.1) is 0 Å². The molecule has 0 bridgehead atoms. The molecule has 0 spiro atoms. The van der Waals surface area contributed by atoms with Crippen molar-refractivity contribution in [2.75, 3.05) is 33.4 Å². The zero-order chi connectivity index (χ0) is 22.3. The van der Waals surface area contributed by atoms with Gasteiger partial charge >= 0.3 is 0 Å². The second-order valence-corrected chi connectivity index (χ2v) is 9.65. The van der Waals surface area contributed by atoms with E-state index in [1.54, 1.807) is 0 Å². The SMILES string of the molecule is COc1ccc(S(=O)(=O)N(CCc2ccccc2)CC(=O)NC[C@@H]2CCCO2)cc1Cl. The number of methoxy groups -OCH3 is 1.